The average Bonchev–Trinajstić information content (AvgIpc) is 3.13. The molecular formula is C14H18F2O4S. The summed E-state index contributed by atoms with van der Waals surface area (Å²) < 4.78 is 57.5. The second-order valence-corrected chi connectivity index (χ2v) is 8.81. The lowest BCUT2D eigenvalue weighted by Gasteiger charge is -2.38. The highest BCUT2D eigenvalue weighted by atomic mass is 32.2. The van der Waals surface area contributed by atoms with Gasteiger partial charge in [-0.2, -0.15) is 17.2 Å². The van der Waals surface area contributed by atoms with Crippen LogP contribution in [0.25, 0.3) is 0 Å². The van der Waals surface area contributed by atoms with Gasteiger partial charge in [-0.05, 0) is 67.6 Å². The third-order valence-electron chi connectivity index (χ3n) is 6.68. The molecule has 4 nitrogen and oxygen atoms in total. The van der Waals surface area contributed by atoms with Crippen LogP contribution in [0.4, 0.5) is 8.78 Å². The summed E-state index contributed by atoms with van der Waals surface area (Å²) in [4.78, 5) is 12.0. The molecule has 4 fully saturated rings. The molecule has 0 radical (unpaired) electrons. The second kappa shape index (κ2) is 4.04. The van der Waals surface area contributed by atoms with Gasteiger partial charge < -0.3 is 0 Å². The molecule has 7 heteroatoms. The fourth-order valence-electron chi connectivity index (χ4n) is 6.21. The van der Waals surface area contributed by atoms with Crippen molar-refractivity contribution in [2.24, 2.45) is 41.4 Å². The number of alkyl halides is 2. The van der Waals surface area contributed by atoms with Crippen LogP contribution >= 0.6 is 0 Å². The van der Waals surface area contributed by atoms with E-state index < -0.39 is 27.1 Å². The monoisotopic (exact) mass is 320 g/mol. The number of halogens is 2. The largest absolute Gasteiger partial charge is 0.426 e. The smallest absolute Gasteiger partial charge is 0.291 e. The van der Waals surface area contributed by atoms with Gasteiger partial charge in [-0.3, -0.25) is 9.35 Å². The molecular weight excluding hydrogens is 302 g/mol. The van der Waals surface area contributed by atoms with Crippen LogP contribution in [0.3, 0.4) is 0 Å². The molecule has 0 spiro atoms. The zero-order chi connectivity index (χ0) is 15.2. The first kappa shape index (κ1) is 14.1. The maximum atomic E-state index is 13.6. The Morgan fingerprint density at radius 1 is 1.00 bits per heavy atom. The number of Topliss-reactive ketones (excluding diaryl/α,β-unsaturated/α-hetero) is 1. The summed E-state index contributed by atoms with van der Waals surface area (Å²) in [6.07, 6.45) is 4.64. The van der Waals surface area contributed by atoms with Gasteiger partial charge >= 0.3 is 15.4 Å². The summed E-state index contributed by atoms with van der Waals surface area (Å²) in [5.41, 5.74) is 0. The minimum atomic E-state index is -5.67. The van der Waals surface area contributed by atoms with Gasteiger partial charge in [-0.15, -0.1) is 0 Å². The number of hydrogen-bond acceptors (Lipinski definition) is 3. The van der Waals surface area contributed by atoms with Gasteiger partial charge in [0.15, 0.2) is 0 Å². The van der Waals surface area contributed by atoms with E-state index in [1.54, 1.807) is 0 Å². The molecule has 7 atom stereocenters. The van der Waals surface area contributed by atoms with E-state index in [1.165, 1.54) is 6.42 Å². The van der Waals surface area contributed by atoms with Crippen molar-refractivity contribution in [1.82, 2.24) is 0 Å². The fraction of sp³-hybridized carbons (Fsp3) is 0.929. The van der Waals surface area contributed by atoms with Crippen molar-refractivity contribution in [3.8, 4) is 0 Å². The van der Waals surface area contributed by atoms with E-state index in [-0.39, 0.29) is 5.92 Å². The summed E-state index contributed by atoms with van der Waals surface area (Å²) >= 11 is 0. The molecule has 4 bridgehead atoms. The zero-order valence-electron chi connectivity index (χ0n) is 11.4. The average molecular weight is 320 g/mol. The van der Waals surface area contributed by atoms with Crippen LogP contribution in [-0.2, 0) is 14.9 Å². The lowest BCUT2D eigenvalue weighted by molar-refractivity contribution is -0.141. The van der Waals surface area contributed by atoms with Gasteiger partial charge in [0, 0.05) is 5.92 Å². The minimum absolute atomic E-state index is 0.101. The molecule has 0 saturated heterocycles. The molecule has 0 aromatic heterocycles. The van der Waals surface area contributed by atoms with Gasteiger partial charge in [0.1, 0.15) is 0 Å². The predicted molar refractivity (Wildman–Crippen MR) is 69.0 cm³/mol. The summed E-state index contributed by atoms with van der Waals surface area (Å²) in [6.45, 7) is 0. The first-order valence-electron chi connectivity index (χ1n) is 7.61. The molecule has 0 heterocycles. The molecule has 118 valence electrons. The van der Waals surface area contributed by atoms with Crippen molar-refractivity contribution >= 4 is 15.9 Å². The highest BCUT2D eigenvalue weighted by Crippen LogP contribution is 2.69. The number of fused-ring (bicyclic) bond motifs is 9. The zero-order valence-corrected chi connectivity index (χ0v) is 12.2. The van der Waals surface area contributed by atoms with E-state index in [9.17, 15) is 22.0 Å². The first-order valence-corrected chi connectivity index (χ1v) is 9.05. The molecule has 4 rings (SSSR count). The van der Waals surface area contributed by atoms with Crippen molar-refractivity contribution in [1.29, 1.82) is 0 Å². The minimum Gasteiger partial charge on any atom is -0.291 e. The Labute approximate surface area is 122 Å². The van der Waals surface area contributed by atoms with Crippen LogP contribution in [0.5, 0.6) is 0 Å². The van der Waals surface area contributed by atoms with Crippen LogP contribution in [0, 0.1) is 41.4 Å². The van der Waals surface area contributed by atoms with Crippen LogP contribution in [0.1, 0.15) is 32.1 Å². The van der Waals surface area contributed by atoms with Crippen LogP contribution < -0.4 is 0 Å². The standard InChI is InChI=1S/C14H18F2O4S/c15-14(16,21(18,19)20)13(17)10-5-8-4-9(10)12-7-2-1-6(3-7)11(8)12/h6-12H,1-5H2,(H,18,19,20). The molecule has 0 aromatic carbocycles. The van der Waals surface area contributed by atoms with Crippen molar-refractivity contribution in [3.63, 3.8) is 0 Å². The van der Waals surface area contributed by atoms with Gasteiger partial charge in [-0.1, -0.05) is 0 Å². The van der Waals surface area contributed by atoms with Gasteiger partial charge in [0.2, 0.25) is 5.78 Å². The Morgan fingerprint density at radius 2 is 1.62 bits per heavy atom. The number of carbonyl (C=O) groups is 1. The third-order valence-corrected chi connectivity index (χ3v) is 7.53. The third kappa shape index (κ3) is 1.67. The quantitative estimate of drug-likeness (QED) is 0.640. The maximum Gasteiger partial charge on any atom is 0.426 e. The van der Waals surface area contributed by atoms with Crippen molar-refractivity contribution in [3.05, 3.63) is 0 Å². The lowest BCUT2D eigenvalue weighted by Crippen LogP contribution is -2.45. The number of carbonyl (C=O) groups excluding carboxylic acids is 1. The number of ketones is 1. The van der Waals surface area contributed by atoms with Crippen molar-refractivity contribution in [2.45, 2.75) is 37.4 Å². The Balaban J connectivity index is 1.61. The summed E-state index contributed by atoms with van der Waals surface area (Å²) in [6, 6.07) is 0. The molecule has 4 saturated carbocycles. The Kier molecular flexibility index (Phi) is 2.71. The van der Waals surface area contributed by atoms with E-state index in [4.69, 9.17) is 4.55 Å². The Hall–Kier alpha value is -0.560. The molecule has 7 unspecified atom stereocenters. The predicted octanol–water partition coefficient (Wildman–Crippen LogP) is 2.35. The summed E-state index contributed by atoms with van der Waals surface area (Å²) in [7, 11) is -5.67. The highest BCUT2D eigenvalue weighted by molar-refractivity contribution is 7.87. The van der Waals surface area contributed by atoms with Gasteiger partial charge in [-0.25, -0.2) is 0 Å². The van der Waals surface area contributed by atoms with E-state index in [0.717, 1.165) is 19.3 Å². The highest BCUT2D eigenvalue weighted by Gasteiger charge is 2.66. The summed E-state index contributed by atoms with van der Waals surface area (Å²) in [5, 5.41) is -4.66. The van der Waals surface area contributed by atoms with E-state index in [0.29, 0.717) is 36.0 Å². The number of rotatable bonds is 3. The van der Waals surface area contributed by atoms with E-state index in [2.05, 4.69) is 0 Å². The van der Waals surface area contributed by atoms with Crippen molar-refractivity contribution < 1.29 is 26.5 Å². The van der Waals surface area contributed by atoms with E-state index >= 15 is 0 Å². The molecule has 0 amide bonds. The maximum absolute atomic E-state index is 13.6. The lowest BCUT2D eigenvalue weighted by atomic mass is 9.66. The molecule has 1 N–H and O–H groups in total. The van der Waals surface area contributed by atoms with Crippen LogP contribution in [0.2, 0.25) is 0 Å². The molecule has 0 aromatic rings. The normalized spacial score (nSPS) is 47.9. The first-order chi connectivity index (χ1) is 9.72. The topological polar surface area (TPSA) is 71.4 Å². The van der Waals surface area contributed by atoms with Crippen molar-refractivity contribution in [2.75, 3.05) is 0 Å². The Morgan fingerprint density at radius 3 is 2.24 bits per heavy atom. The Bertz CT molecular complexity index is 602. The summed E-state index contributed by atoms with van der Waals surface area (Å²) in [5.74, 6) is -0.174. The van der Waals surface area contributed by atoms with Crippen LogP contribution in [-0.4, -0.2) is 24.0 Å². The molecule has 21 heavy (non-hydrogen) atoms. The van der Waals surface area contributed by atoms with Gasteiger partial charge in [0.05, 0.1) is 0 Å². The second-order valence-electron chi connectivity index (χ2n) is 7.35. The fourth-order valence-corrected chi connectivity index (χ4v) is 6.62. The van der Waals surface area contributed by atoms with Crippen LogP contribution in [0.15, 0.2) is 0 Å². The molecule has 0 aliphatic heterocycles. The number of hydrogen-bond donors (Lipinski definition) is 1. The van der Waals surface area contributed by atoms with E-state index in [1.807, 2.05) is 0 Å². The SMILES string of the molecule is O=C(C1CC2CC1C1C3CCC(C3)C21)C(F)(F)S(=O)(=O)O. The van der Waals surface area contributed by atoms with Gasteiger partial charge in [0.25, 0.3) is 0 Å². The molecule has 4 aliphatic carbocycles. The molecule has 4 aliphatic rings.